The molecule has 1 aromatic rings. The third-order valence-electron chi connectivity index (χ3n) is 2.74. The predicted octanol–water partition coefficient (Wildman–Crippen LogP) is 2.16. The first kappa shape index (κ1) is 8.73. The van der Waals surface area contributed by atoms with Crippen LogP contribution in [-0.2, 0) is 5.54 Å². The minimum Gasteiger partial charge on any atom is -0.312 e. The van der Waals surface area contributed by atoms with Gasteiger partial charge in [-0.05, 0) is 33.1 Å². The summed E-state index contributed by atoms with van der Waals surface area (Å²) in [6.45, 7) is 8.83. The third kappa shape index (κ3) is 1.47. The van der Waals surface area contributed by atoms with Crippen LogP contribution >= 0.6 is 0 Å². The zero-order chi connectivity index (χ0) is 9.64. The average molecular weight is 179 g/mol. The highest BCUT2D eigenvalue weighted by atomic mass is 15.3. The van der Waals surface area contributed by atoms with Gasteiger partial charge >= 0.3 is 0 Å². The van der Waals surface area contributed by atoms with Crippen LogP contribution in [0.1, 0.15) is 45.9 Å². The van der Waals surface area contributed by atoms with E-state index in [1.54, 1.807) is 0 Å². The molecule has 1 aliphatic rings. The van der Waals surface area contributed by atoms with Gasteiger partial charge in [-0.1, -0.05) is 6.92 Å². The van der Waals surface area contributed by atoms with Gasteiger partial charge < -0.3 is 4.57 Å². The Balaban J connectivity index is 2.32. The minimum absolute atomic E-state index is 0.112. The van der Waals surface area contributed by atoms with Gasteiger partial charge in [0.05, 0.1) is 0 Å². The summed E-state index contributed by atoms with van der Waals surface area (Å²) in [4.78, 5) is 0. The molecule has 0 saturated heterocycles. The van der Waals surface area contributed by atoms with Crippen LogP contribution in [0.15, 0.2) is 6.33 Å². The van der Waals surface area contributed by atoms with Gasteiger partial charge in [-0.15, -0.1) is 10.2 Å². The first-order chi connectivity index (χ1) is 6.00. The summed E-state index contributed by atoms with van der Waals surface area (Å²) in [6.07, 6.45) is 3.12. The molecule has 2 rings (SSSR count). The summed E-state index contributed by atoms with van der Waals surface area (Å²) in [7, 11) is 0. The second kappa shape index (κ2) is 2.56. The van der Waals surface area contributed by atoms with Gasteiger partial charge in [-0.3, -0.25) is 0 Å². The highest BCUT2D eigenvalue weighted by Gasteiger charge is 2.39. The summed E-state index contributed by atoms with van der Waals surface area (Å²) in [6, 6.07) is 0. The van der Waals surface area contributed by atoms with Crippen molar-refractivity contribution in [2.45, 2.75) is 45.6 Å². The Morgan fingerprint density at radius 2 is 2.08 bits per heavy atom. The molecule has 3 heteroatoms. The highest BCUT2D eigenvalue weighted by Crippen LogP contribution is 2.46. The van der Waals surface area contributed by atoms with Crippen molar-refractivity contribution in [3.8, 4) is 0 Å². The van der Waals surface area contributed by atoms with Gasteiger partial charge in [0.2, 0.25) is 0 Å². The van der Waals surface area contributed by atoms with Crippen LogP contribution in [0.4, 0.5) is 0 Å². The molecular weight excluding hydrogens is 162 g/mol. The largest absolute Gasteiger partial charge is 0.312 e. The van der Waals surface area contributed by atoms with E-state index in [4.69, 9.17) is 0 Å². The van der Waals surface area contributed by atoms with Crippen LogP contribution in [0.2, 0.25) is 0 Å². The molecule has 0 radical (unpaired) electrons. The van der Waals surface area contributed by atoms with Crippen LogP contribution in [0, 0.1) is 5.92 Å². The monoisotopic (exact) mass is 179 g/mol. The molecule has 1 aromatic heterocycles. The van der Waals surface area contributed by atoms with E-state index < -0.39 is 0 Å². The molecule has 3 nitrogen and oxygen atoms in total. The van der Waals surface area contributed by atoms with Crippen molar-refractivity contribution in [1.82, 2.24) is 14.8 Å². The maximum Gasteiger partial charge on any atom is 0.136 e. The summed E-state index contributed by atoms with van der Waals surface area (Å²) >= 11 is 0. The van der Waals surface area contributed by atoms with E-state index in [1.165, 1.54) is 12.2 Å². The first-order valence-electron chi connectivity index (χ1n) is 4.90. The predicted molar refractivity (Wildman–Crippen MR) is 51.5 cm³/mol. The van der Waals surface area contributed by atoms with E-state index in [1.807, 2.05) is 6.33 Å². The van der Waals surface area contributed by atoms with Crippen LogP contribution in [0.25, 0.3) is 0 Å². The van der Waals surface area contributed by atoms with Crippen LogP contribution in [-0.4, -0.2) is 14.8 Å². The molecule has 0 amide bonds. The minimum atomic E-state index is 0.112. The quantitative estimate of drug-likeness (QED) is 0.661. The Bertz CT molecular complexity index is 308. The second-order valence-electron chi connectivity index (χ2n) is 5.05. The summed E-state index contributed by atoms with van der Waals surface area (Å²) < 4.78 is 2.20. The molecular formula is C10H17N3. The molecule has 1 aliphatic carbocycles. The summed E-state index contributed by atoms with van der Waals surface area (Å²) in [5.74, 6) is 2.62. The van der Waals surface area contributed by atoms with Crippen molar-refractivity contribution >= 4 is 0 Å². The third-order valence-corrected chi connectivity index (χ3v) is 2.74. The Morgan fingerprint density at radius 1 is 1.46 bits per heavy atom. The maximum atomic E-state index is 4.21. The van der Waals surface area contributed by atoms with E-state index in [-0.39, 0.29) is 5.54 Å². The Morgan fingerprint density at radius 3 is 2.54 bits per heavy atom. The summed E-state index contributed by atoms with van der Waals surface area (Å²) in [5, 5.41) is 8.21. The molecule has 2 atom stereocenters. The van der Waals surface area contributed by atoms with Gasteiger partial charge in [0.15, 0.2) is 0 Å². The fourth-order valence-electron chi connectivity index (χ4n) is 1.70. The van der Waals surface area contributed by atoms with Gasteiger partial charge in [-0.25, -0.2) is 0 Å². The van der Waals surface area contributed by atoms with Gasteiger partial charge in [0.1, 0.15) is 12.2 Å². The van der Waals surface area contributed by atoms with Gasteiger partial charge in [0, 0.05) is 11.5 Å². The van der Waals surface area contributed by atoms with Crippen molar-refractivity contribution in [3.63, 3.8) is 0 Å². The second-order valence-corrected chi connectivity index (χ2v) is 5.05. The lowest BCUT2D eigenvalue weighted by Crippen LogP contribution is -2.23. The molecule has 0 aromatic carbocycles. The smallest absolute Gasteiger partial charge is 0.136 e. The molecule has 2 unspecified atom stereocenters. The van der Waals surface area contributed by atoms with Crippen LogP contribution in [0.5, 0.6) is 0 Å². The molecule has 0 spiro atoms. The standard InChI is InChI=1S/C10H17N3/c1-7-5-8(7)9-12-11-6-13(9)10(2,3)4/h6-8H,5H2,1-4H3. The van der Waals surface area contributed by atoms with Crippen molar-refractivity contribution in [1.29, 1.82) is 0 Å². The van der Waals surface area contributed by atoms with E-state index >= 15 is 0 Å². The molecule has 0 aliphatic heterocycles. The molecule has 0 bridgehead atoms. The average Bonchev–Trinajstić information content (AvgIpc) is 2.57. The molecule has 1 heterocycles. The fourth-order valence-corrected chi connectivity index (χ4v) is 1.70. The normalized spacial score (nSPS) is 27.7. The Hall–Kier alpha value is -0.860. The Labute approximate surface area is 79.2 Å². The number of hydrogen-bond donors (Lipinski definition) is 0. The van der Waals surface area contributed by atoms with Crippen LogP contribution in [0.3, 0.4) is 0 Å². The number of hydrogen-bond acceptors (Lipinski definition) is 2. The van der Waals surface area contributed by atoms with Crippen LogP contribution < -0.4 is 0 Å². The van der Waals surface area contributed by atoms with E-state index in [2.05, 4.69) is 42.5 Å². The zero-order valence-corrected chi connectivity index (χ0v) is 8.78. The lowest BCUT2D eigenvalue weighted by molar-refractivity contribution is 0.380. The maximum absolute atomic E-state index is 4.21. The first-order valence-corrected chi connectivity index (χ1v) is 4.90. The molecule has 1 fully saturated rings. The number of rotatable bonds is 1. The van der Waals surface area contributed by atoms with Crippen molar-refractivity contribution in [2.24, 2.45) is 5.92 Å². The summed E-state index contributed by atoms with van der Waals surface area (Å²) in [5.41, 5.74) is 0.112. The van der Waals surface area contributed by atoms with Crippen molar-refractivity contribution < 1.29 is 0 Å². The van der Waals surface area contributed by atoms with E-state index in [0.29, 0.717) is 5.92 Å². The number of nitrogens with zero attached hydrogens (tertiary/aromatic N) is 3. The van der Waals surface area contributed by atoms with E-state index in [0.717, 1.165) is 5.92 Å². The molecule has 0 N–H and O–H groups in total. The lowest BCUT2D eigenvalue weighted by Gasteiger charge is -2.22. The van der Waals surface area contributed by atoms with Gasteiger partial charge in [0.25, 0.3) is 0 Å². The zero-order valence-electron chi connectivity index (χ0n) is 8.78. The molecule has 1 saturated carbocycles. The fraction of sp³-hybridized carbons (Fsp3) is 0.800. The molecule has 13 heavy (non-hydrogen) atoms. The Kier molecular flexibility index (Phi) is 1.72. The highest BCUT2D eigenvalue weighted by molar-refractivity contribution is 5.10. The SMILES string of the molecule is CC1CC1c1nncn1C(C)(C)C. The molecule has 72 valence electrons. The van der Waals surface area contributed by atoms with Gasteiger partial charge in [-0.2, -0.15) is 0 Å². The topological polar surface area (TPSA) is 30.7 Å². The van der Waals surface area contributed by atoms with Crippen molar-refractivity contribution in [2.75, 3.05) is 0 Å². The van der Waals surface area contributed by atoms with E-state index in [9.17, 15) is 0 Å². The van der Waals surface area contributed by atoms with Crippen molar-refractivity contribution in [3.05, 3.63) is 12.2 Å². The number of aromatic nitrogens is 3. The lowest BCUT2D eigenvalue weighted by atomic mass is 10.1.